The van der Waals surface area contributed by atoms with Crippen molar-refractivity contribution in [3.63, 3.8) is 0 Å². The molecule has 0 atom stereocenters. The number of furan rings is 1. The molecule has 0 aliphatic carbocycles. The van der Waals surface area contributed by atoms with E-state index in [1.54, 1.807) is 12.1 Å². The molecule has 0 aliphatic rings. The Hall–Kier alpha value is -3.10. The molecule has 0 bridgehead atoms. The highest BCUT2D eigenvalue weighted by Gasteiger charge is 2.19. The second kappa shape index (κ2) is 7.25. The van der Waals surface area contributed by atoms with Crippen LogP contribution in [0.1, 0.15) is 33.8 Å². The van der Waals surface area contributed by atoms with Gasteiger partial charge in [0.15, 0.2) is 5.82 Å². The molecule has 0 spiro atoms. The number of hydrogen-bond donors (Lipinski definition) is 3. The number of carbonyl (C=O) groups excluding carboxylic acids is 3. The molecule has 3 amide bonds. The fourth-order valence-corrected chi connectivity index (χ4v) is 1.99. The number of rotatable bonds is 7. The molecule has 0 saturated carbocycles. The smallest absolute Gasteiger partial charge is 0.284 e. The number of hydrogen-bond acceptors (Lipinski definition) is 5. The summed E-state index contributed by atoms with van der Waals surface area (Å²) in [5.74, 6) is -0.840. The van der Waals surface area contributed by atoms with Crippen LogP contribution >= 0.6 is 0 Å². The van der Waals surface area contributed by atoms with Crippen LogP contribution in [0, 0.1) is 0 Å². The molecule has 0 unspecified atom stereocenters. The summed E-state index contributed by atoms with van der Waals surface area (Å²) < 4.78 is 6.50. The highest BCUT2D eigenvalue weighted by Crippen LogP contribution is 2.06. The van der Waals surface area contributed by atoms with Gasteiger partial charge in [0.2, 0.25) is 5.91 Å². The average Bonchev–Trinajstić information content (AvgIpc) is 3.13. The summed E-state index contributed by atoms with van der Waals surface area (Å²) in [5, 5.41) is 5.24. The monoisotopic (exact) mass is 319 g/mol. The second-order valence-corrected chi connectivity index (χ2v) is 4.73. The Labute approximate surface area is 131 Å². The van der Waals surface area contributed by atoms with E-state index in [0.717, 1.165) is 0 Å². The third-order valence-corrected chi connectivity index (χ3v) is 3.02. The van der Waals surface area contributed by atoms with Crippen molar-refractivity contribution in [3.8, 4) is 0 Å². The molecular weight excluding hydrogens is 302 g/mol. The maximum absolute atomic E-state index is 12.2. The van der Waals surface area contributed by atoms with Crippen molar-refractivity contribution in [2.45, 2.75) is 20.0 Å². The molecule has 0 aromatic carbocycles. The molecule has 9 heteroatoms. The van der Waals surface area contributed by atoms with Crippen molar-refractivity contribution >= 4 is 17.7 Å². The summed E-state index contributed by atoms with van der Waals surface area (Å²) in [7, 11) is 0. The Kier molecular flexibility index (Phi) is 5.13. The van der Waals surface area contributed by atoms with Crippen molar-refractivity contribution in [2.75, 3.05) is 6.54 Å². The Morgan fingerprint density at radius 1 is 1.35 bits per heavy atom. The van der Waals surface area contributed by atoms with Crippen LogP contribution in [0.2, 0.25) is 0 Å². The van der Waals surface area contributed by atoms with Crippen molar-refractivity contribution in [1.29, 1.82) is 0 Å². The van der Waals surface area contributed by atoms with Crippen molar-refractivity contribution in [2.24, 2.45) is 5.73 Å². The number of nitrogens with zero attached hydrogens (tertiary/aromatic N) is 2. The molecular formula is C14H17N5O4. The number of primary amides is 1. The van der Waals surface area contributed by atoms with Gasteiger partial charge in [0, 0.05) is 20.0 Å². The largest absolute Gasteiger partial charge is 0.467 e. The Balaban J connectivity index is 2.11. The lowest BCUT2D eigenvalue weighted by atomic mass is 10.3. The average molecular weight is 319 g/mol. The fourth-order valence-electron chi connectivity index (χ4n) is 1.99. The minimum Gasteiger partial charge on any atom is -0.467 e. The zero-order valence-electron chi connectivity index (χ0n) is 12.5. The summed E-state index contributed by atoms with van der Waals surface area (Å²) in [6.07, 6.45) is 2.77. The van der Waals surface area contributed by atoms with E-state index in [1.165, 1.54) is 24.0 Å². The van der Waals surface area contributed by atoms with Crippen LogP contribution in [0.5, 0.6) is 0 Å². The summed E-state index contributed by atoms with van der Waals surface area (Å²) in [4.78, 5) is 38.4. The lowest BCUT2D eigenvalue weighted by molar-refractivity contribution is -0.118. The minimum atomic E-state index is -0.752. The first kappa shape index (κ1) is 16.3. The summed E-state index contributed by atoms with van der Waals surface area (Å²) in [6, 6.07) is 3.44. The Bertz CT molecular complexity index is 705. The highest BCUT2D eigenvalue weighted by molar-refractivity contribution is 5.95. The molecule has 4 N–H and O–H groups in total. The Morgan fingerprint density at radius 3 is 2.74 bits per heavy atom. The van der Waals surface area contributed by atoms with Gasteiger partial charge < -0.3 is 25.4 Å². The van der Waals surface area contributed by atoms with Gasteiger partial charge in [-0.3, -0.25) is 14.4 Å². The first-order chi connectivity index (χ1) is 11.0. The molecule has 2 rings (SSSR count). The number of aromatic nitrogens is 2. The predicted octanol–water partition coefficient (Wildman–Crippen LogP) is -0.359. The zero-order chi connectivity index (χ0) is 16.8. The lowest BCUT2D eigenvalue weighted by Crippen LogP contribution is -2.31. The lowest BCUT2D eigenvalue weighted by Gasteiger charge is -2.10. The van der Waals surface area contributed by atoms with E-state index in [4.69, 9.17) is 10.2 Å². The fraction of sp³-hybridized carbons (Fsp3) is 0.286. The standard InChI is InChI=1S/C14H17N5O4/c1-9(20)16-4-5-19-11(8-17-13(19)12(15)21)14(22)18-7-10-3-2-6-23-10/h2-3,6,8H,4-5,7H2,1H3,(H2,15,21)(H,16,20)(H,18,22). The SMILES string of the molecule is CC(=O)NCCn1c(C(=O)NCc2ccco2)cnc1C(N)=O. The van der Waals surface area contributed by atoms with Gasteiger partial charge in [0.1, 0.15) is 11.5 Å². The van der Waals surface area contributed by atoms with Gasteiger partial charge in [0.05, 0.1) is 19.0 Å². The minimum absolute atomic E-state index is 0.0431. The second-order valence-electron chi connectivity index (χ2n) is 4.73. The molecule has 2 aromatic heterocycles. The molecule has 0 aliphatic heterocycles. The molecule has 0 radical (unpaired) electrons. The number of amides is 3. The number of carbonyl (C=O) groups is 3. The van der Waals surface area contributed by atoms with Crippen molar-refractivity contribution in [3.05, 3.63) is 41.9 Å². The van der Waals surface area contributed by atoms with E-state index >= 15 is 0 Å². The van der Waals surface area contributed by atoms with Crippen LogP contribution in [0.15, 0.2) is 29.0 Å². The van der Waals surface area contributed by atoms with Gasteiger partial charge in [-0.1, -0.05) is 0 Å². The normalized spacial score (nSPS) is 10.3. The molecule has 2 heterocycles. The number of nitrogens with one attached hydrogen (secondary N) is 2. The first-order valence-corrected chi connectivity index (χ1v) is 6.89. The van der Waals surface area contributed by atoms with Crippen molar-refractivity contribution in [1.82, 2.24) is 20.2 Å². The van der Waals surface area contributed by atoms with E-state index < -0.39 is 11.8 Å². The first-order valence-electron chi connectivity index (χ1n) is 6.89. The molecule has 122 valence electrons. The summed E-state index contributed by atoms with van der Waals surface area (Å²) in [6.45, 7) is 2.01. The van der Waals surface area contributed by atoms with Crippen molar-refractivity contribution < 1.29 is 18.8 Å². The van der Waals surface area contributed by atoms with Gasteiger partial charge in [0.25, 0.3) is 11.8 Å². The quantitative estimate of drug-likeness (QED) is 0.641. The molecule has 9 nitrogen and oxygen atoms in total. The number of nitrogens with two attached hydrogens (primary N) is 1. The van der Waals surface area contributed by atoms with E-state index in [9.17, 15) is 14.4 Å². The maximum atomic E-state index is 12.2. The molecule has 0 saturated heterocycles. The van der Waals surface area contributed by atoms with Gasteiger partial charge in [-0.25, -0.2) is 4.98 Å². The van der Waals surface area contributed by atoms with Crippen LogP contribution < -0.4 is 16.4 Å². The molecule has 0 fully saturated rings. The predicted molar refractivity (Wildman–Crippen MR) is 79.3 cm³/mol. The van der Waals surface area contributed by atoms with Gasteiger partial charge >= 0.3 is 0 Å². The van der Waals surface area contributed by atoms with Crippen LogP contribution in [0.3, 0.4) is 0 Å². The maximum Gasteiger partial charge on any atom is 0.284 e. The van der Waals surface area contributed by atoms with E-state index in [2.05, 4.69) is 15.6 Å². The topological polar surface area (TPSA) is 132 Å². The molecule has 2 aromatic rings. The highest BCUT2D eigenvalue weighted by atomic mass is 16.3. The van der Waals surface area contributed by atoms with E-state index in [0.29, 0.717) is 5.76 Å². The van der Waals surface area contributed by atoms with Crippen LogP contribution in [-0.4, -0.2) is 33.8 Å². The molecule has 23 heavy (non-hydrogen) atoms. The summed E-state index contributed by atoms with van der Waals surface area (Å²) >= 11 is 0. The van der Waals surface area contributed by atoms with Crippen LogP contribution in [-0.2, 0) is 17.9 Å². The third-order valence-electron chi connectivity index (χ3n) is 3.02. The van der Waals surface area contributed by atoms with Gasteiger partial charge in [-0.2, -0.15) is 0 Å². The zero-order valence-corrected chi connectivity index (χ0v) is 12.5. The van der Waals surface area contributed by atoms with Gasteiger partial charge in [-0.05, 0) is 12.1 Å². The van der Waals surface area contributed by atoms with Gasteiger partial charge in [-0.15, -0.1) is 0 Å². The van der Waals surface area contributed by atoms with E-state index in [1.807, 2.05) is 0 Å². The van der Waals surface area contributed by atoms with E-state index in [-0.39, 0.29) is 37.1 Å². The number of imidazole rings is 1. The third kappa shape index (κ3) is 4.19. The van der Waals surface area contributed by atoms with Crippen LogP contribution in [0.25, 0.3) is 0 Å². The Morgan fingerprint density at radius 2 is 2.13 bits per heavy atom. The van der Waals surface area contributed by atoms with Crippen LogP contribution in [0.4, 0.5) is 0 Å². The summed E-state index contributed by atoms with van der Waals surface area (Å²) in [5.41, 5.74) is 5.43.